The van der Waals surface area contributed by atoms with Crippen LogP contribution in [0.3, 0.4) is 0 Å². The van der Waals surface area contributed by atoms with E-state index in [9.17, 15) is 9.18 Å². The molecule has 5 nitrogen and oxygen atoms in total. The van der Waals surface area contributed by atoms with Crippen LogP contribution in [0, 0.1) is 12.7 Å². The average molecular weight is 311 g/mol. The van der Waals surface area contributed by atoms with Gasteiger partial charge in [0.2, 0.25) is 0 Å². The molecule has 0 bridgehead atoms. The molecule has 0 radical (unpaired) electrons. The monoisotopic (exact) mass is 311 g/mol. The zero-order chi connectivity index (χ0) is 16.2. The SMILES string of the molecule is Cc1noc(-c2cccc(F)c2)c1C(=O)NCc1ccncc1. The number of hydrogen-bond acceptors (Lipinski definition) is 4. The smallest absolute Gasteiger partial charge is 0.257 e. The Bertz CT molecular complexity index is 831. The molecule has 1 amide bonds. The summed E-state index contributed by atoms with van der Waals surface area (Å²) in [5, 5.41) is 6.64. The lowest BCUT2D eigenvalue weighted by Gasteiger charge is -2.06. The zero-order valence-electron chi connectivity index (χ0n) is 12.4. The number of carbonyl (C=O) groups excluding carboxylic acids is 1. The summed E-state index contributed by atoms with van der Waals surface area (Å²) in [5.74, 6) is -0.464. The molecule has 6 heteroatoms. The molecule has 2 aromatic heterocycles. The lowest BCUT2D eigenvalue weighted by atomic mass is 10.1. The maximum Gasteiger partial charge on any atom is 0.257 e. The molecule has 0 unspecified atom stereocenters. The van der Waals surface area contributed by atoms with Crippen molar-refractivity contribution in [2.45, 2.75) is 13.5 Å². The molecule has 0 saturated carbocycles. The van der Waals surface area contributed by atoms with Gasteiger partial charge in [0.15, 0.2) is 5.76 Å². The van der Waals surface area contributed by atoms with Gasteiger partial charge in [0, 0.05) is 24.5 Å². The van der Waals surface area contributed by atoms with Crippen LogP contribution in [0.1, 0.15) is 21.6 Å². The van der Waals surface area contributed by atoms with Crippen molar-refractivity contribution in [2.24, 2.45) is 0 Å². The van der Waals surface area contributed by atoms with Gasteiger partial charge in [-0.05, 0) is 36.8 Å². The Morgan fingerprint density at radius 2 is 2.04 bits per heavy atom. The third kappa shape index (κ3) is 3.26. The minimum absolute atomic E-state index is 0.259. The van der Waals surface area contributed by atoms with Crippen molar-refractivity contribution >= 4 is 5.91 Å². The van der Waals surface area contributed by atoms with Crippen molar-refractivity contribution in [3.8, 4) is 11.3 Å². The summed E-state index contributed by atoms with van der Waals surface area (Å²) in [6.07, 6.45) is 3.31. The normalized spacial score (nSPS) is 10.5. The molecule has 3 aromatic rings. The highest BCUT2D eigenvalue weighted by Gasteiger charge is 2.21. The van der Waals surface area contributed by atoms with E-state index < -0.39 is 5.82 Å². The summed E-state index contributed by atoms with van der Waals surface area (Å²) in [6.45, 7) is 2.03. The van der Waals surface area contributed by atoms with Crippen LogP contribution in [0.15, 0.2) is 53.3 Å². The molecule has 116 valence electrons. The second-order valence-electron chi connectivity index (χ2n) is 5.02. The van der Waals surface area contributed by atoms with E-state index in [0.717, 1.165) is 5.56 Å². The van der Waals surface area contributed by atoms with E-state index in [4.69, 9.17) is 4.52 Å². The second-order valence-corrected chi connectivity index (χ2v) is 5.02. The molecular formula is C17H14FN3O2. The summed E-state index contributed by atoms with van der Waals surface area (Å²) < 4.78 is 18.6. The number of carbonyl (C=O) groups is 1. The van der Waals surface area contributed by atoms with Gasteiger partial charge in [-0.15, -0.1) is 0 Å². The lowest BCUT2D eigenvalue weighted by Crippen LogP contribution is -2.23. The van der Waals surface area contributed by atoms with Crippen LogP contribution < -0.4 is 5.32 Å². The Hall–Kier alpha value is -3.02. The Morgan fingerprint density at radius 3 is 2.78 bits per heavy atom. The standard InChI is InChI=1S/C17H14FN3O2/c1-11-15(17(22)20-10-12-5-7-19-8-6-12)16(23-21-11)13-3-2-4-14(18)9-13/h2-9H,10H2,1H3,(H,20,22). The fourth-order valence-electron chi connectivity index (χ4n) is 2.24. The predicted molar refractivity (Wildman–Crippen MR) is 82.0 cm³/mol. The first-order valence-corrected chi connectivity index (χ1v) is 7.04. The fraction of sp³-hybridized carbons (Fsp3) is 0.118. The highest BCUT2D eigenvalue weighted by atomic mass is 19.1. The van der Waals surface area contributed by atoms with Gasteiger partial charge in [-0.2, -0.15) is 0 Å². The van der Waals surface area contributed by atoms with Gasteiger partial charge in [-0.25, -0.2) is 4.39 Å². The summed E-state index contributed by atoms with van der Waals surface area (Å²) in [7, 11) is 0. The molecule has 0 atom stereocenters. The Morgan fingerprint density at radius 1 is 1.26 bits per heavy atom. The van der Waals surface area contributed by atoms with Crippen molar-refractivity contribution in [1.82, 2.24) is 15.5 Å². The number of amides is 1. The molecule has 0 spiro atoms. The molecule has 0 fully saturated rings. The molecule has 3 rings (SSSR count). The number of benzene rings is 1. The van der Waals surface area contributed by atoms with Gasteiger partial charge >= 0.3 is 0 Å². The fourth-order valence-corrected chi connectivity index (χ4v) is 2.24. The van der Waals surface area contributed by atoms with E-state index >= 15 is 0 Å². The Kier molecular flexibility index (Phi) is 4.14. The maximum atomic E-state index is 13.4. The molecule has 1 aromatic carbocycles. The summed E-state index contributed by atoms with van der Waals surface area (Å²) in [6, 6.07) is 9.49. The number of aromatic nitrogens is 2. The Balaban J connectivity index is 1.85. The maximum absolute atomic E-state index is 13.4. The van der Waals surface area contributed by atoms with Crippen LogP contribution in [0.4, 0.5) is 4.39 Å². The number of nitrogens with one attached hydrogen (secondary N) is 1. The third-order valence-electron chi connectivity index (χ3n) is 3.38. The van der Waals surface area contributed by atoms with Crippen LogP contribution >= 0.6 is 0 Å². The zero-order valence-corrected chi connectivity index (χ0v) is 12.4. The molecule has 0 aliphatic heterocycles. The molecule has 0 aliphatic carbocycles. The minimum atomic E-state index is -0.403. The Labute approximate surface area is 132 Å². The largest absolute Gasteiger partial charge is 0.355 e. The van der Waals surface area contributed by atoms with E-state index in [-0.39, 0.29) is 11.7 Å². The highest BCUT2D eigenvalue weighted by molar-refractivity contribution is 6.00. The van der Waals surface area contributed by atoms with E-state index in [1.54, 1.807) is 31.5 Å². The molecular weight excluding hydrogens is 297 g/mol. The van der Waals surface area contributed by atoms with Crippen LogP contribution in [0.5, 0.6) is 0 Å². The quantitative estimate of drug-likeness (QED) is 0.804. The number of aryl methyl sites for hydroxylation is 1. The van der Waals surface area contributed by atoms with Crippen molar-refractivity contribution in [3.63, 3.8) is 0 Å². The van der Waals surface area contributed by atoms with Crippen molar-refractivity contribution in [2.75, 3.05) is 0 Å². The van der Waals surface area contributed by atoms with E-state index in [0.29, 0.717) is 23.4 Å². The first-order chi connectivity index (χ1) is 11.1. The average Bonchev–Trinajstić information content (AvgIpc) is 2.95. The van der Waals surface area contributed by atoms with Gasteiger partial charge in [0.05, 0.1) is 5.69 Å². The van der Waals surface area contributed by atoms with Crippen LogP contribution in [0.2, 0.25) is 0 Å². The van der Waals surface area contributed by atoms with Gasteiger partial charge in [-0.1, -0.05) is 17.3 Å². The lowest BCUT2D eigenvalue weighted by molar-refractivity contribution is 0.0950. The number of halogens is 1. The number of nitrogens with zero attached hydrogens (tertiary/aromatic N) is 2. The van der Waals surface area contributed by atoms with Crippen LogP contribution in [-0.4, -0.2) is 16.0 Å². The first kappa shape index (κ1) is 14.9. The topological polar surface area (TPSA) is 68.0 Å². The summed E-state index contributed by atoms with van der Waals surface area (Å²) in [4.78, 5) is 16.4. The van der Waals surface area contributed by atoms with Crippen LogP contribution in [0.25, 0.3) is 11.3 Å². The number of hydrogen-bond donors (Lipinski definition) is 1. The molecule has 2 heterocycles. The molecule has 1 N–H and O–H groups in total. The van der Waals surface area contributed by atoms with E-state index in [1.807, 2.05) is 12.1 Å². The number of rotatable bonds is 4. The number of pyridine rings is 1. The molecule has 0 aliphatic rings. The molecule has 23 heavy (non-hydrogen) atoms. The van der Waals surface area contributed by atoms with Crippen LogP contribution in [-0.2, 0) is 6.54 Å². The van der Waals surface area contributed by atoms with Gasteiger partial charge < -0.3 is 9.84 Å². The van der Waals surface area contributed by atoms with Gasteiger partial charge in [-0.3, -0.25) is 9.78 Å². The van der Waals surface area contributed by atoms with E-state index in [1.165, 1.54) is 12.1 Å². The second kappa shape index (κ2) is 6.39. The third-order valence-corrected chi connectivity index (χ3v) is 3.38. The predicted octanol–water partition coefficient (Wildman–Crippen LogP) is 3.11. The summed E-state index contributed by atoms with van der Waals surface area (Å²) >= 11 is 0. The van der Waals surface area contributed by atoms with Crippen molar-refractivity contribution < 1.29 is 13.7 Å². The van der Waals surface area contributed by atoms with E-state index in [2.05, 4.69) is 15.5 Å². The van der Waals surface area contributed by atoms with Gasteiger partial charge in [0.1, 0.15) is 11.4 Å². The highest BCUT2D eigenvalue weighted by Crippen LogP contribution is 2.26. The van der Waals surface area contributed by atoms with Crippen molar-refractivity contribution in [1.29, 1.82) is 0 Å². The molecule has 0 saturated heterocycles. The summed E-state index contributed by atoms with van der Waals surface area (Å²) in [5.41, 5.74) is 2.16. The first-order valence-electron chi connectivity index (χ1n) is 7.04. The van der Waals surface area contributed by atoms with Crippen molar-refractivity contribution in [3.05, 3.63) is 71.4 Å². The van der Waals surface area contributed by atoms with Gasteiger partial charge in [0.25, 0.3) is 5.91 Å². The minimum Gasteiger partial charge on any atom is -0.355 e.